The highest BCUT2D eigenvalue weighted by molar-refractivity contribution is 5.71. The SMILES string of the molecule is CCC(C)CCCCCCCCC(=O)OC[C@H](COC(=O)CCCCCCCCCCC(C)C)OC(=O)CCCCCCCCCCCCCCC(C)C. The first-order chi connectivity index (χ1) is 26.1. The van der Waals surface area contributed by atoms with Gasteiger partial charge in [0.05, 0.1) is 0 Å². The average Bonchev–Trinajstić information content (AvgIpc) is 3.14. The van der Waals surface area contributed by atoms with Crippen molar-refractivity contribution in [3.63, 3.8) is 0 Å². The first kappa shape index (κ1) is 52.4. The minimum atomic E-state index is -0.762. The molecule has 0 aromatic carbocycles. The molecule has 0 aromatic rings. The Labute approximate surface area is 336 Å². The molecule has 0 aliphatic rings. The van der Waals surface area contributed by atoms with Gasteiger partial charge in [-0.25, -0.2) is 0 Å². The molecule has 1 unspecified atom stereocenters. The topological polar surface area (TPSA) is 78.9 Å². The van der Waals surface area contributed by atoms with Gasteiger partial charge in [0.25, 0.3) is 0 Å². The van der Waals surface area contributed by atoms with Gasteiger partial charge in [0, 0.05) is 19.3 Å². The monoisotopic (exact) mass is 765 g/mol. The zero-order chi connectivity index (χ0) is 39.9. The van der Waals surface area contributed by atoms with Crippen LogP contribution in [0.25, 0.3) is 0 Å². The molecule has 2 atom stereocenters. The lowest BCUT2D eigenvalue weighted by Gasteiger charge is -2.18. The van der Waals surface area contributed by atoms with Gasteiger partial charge in [0.2, 0.25) is 0 Å². The van der Waals surface area contributed by atoms with Crippen molar-refractivity contribution >= 4 is 17.9 Å². The average molecular weight is 765 g/mol. The van der Waals surface area contributed by atoms with Crippen LogP contribution in [0, 0.1) is 17.8 Å². The molecule has 0 amide bonds. The normalized spacial score (nSPS) is 12.7. The predicted molar refractivity (Wildman–Crippen MR) is 229 cm³/mol. The molecule has 6 nitrogen and oxygen atoms in total. The van der Waals surface area contributed by atoms with E-state index < -0.39 is 6.10 Å². The Balaban J connectivity index is 4.34. The van der Waals surface area contributed by atoms with E-state index in [0.29, 0.717) is 19.3 Å². The summed E-state index contributed by atoms with van der Waals surface area (Å²) in [5, 5.41) is 0. The summed E-state index contributed by atoms with van der Waals surface area (Å²) in [6.07, 6.45) is 36.6. The summed E-state index contributed by atoms with van der Waals surface area (Å²) in [5.41, 5.74) is 0. The maximum absolute atomic E-state index is 12.7. The van der Waals surface area contributed by atoms with Crippen LogP contribution in [-0.2, 0) is 28.6 Å². The van der Waals surface area contributed by atoms with Crippen molar-refractivity contribution in [2.75, 3.05) is 13.2 Å². The molecule has 0 heterocycles. The fourth-order valence-corrected chi connectivity index (χ4v) is 7.02. The van der Waals surface area contributed by atoms with Crippen LogP contribution in [0.3, 0.4) is 0 Å². The number of hydrogen-bond donors (Lipinski definition) is 0. The molecule has 0 fully saturated rings. The fraction of sp³-hybridized carbons (Fsp3) is 0.938. The lowest BCUT2D eigenvalue weighted by molar-refractivity contribution is -0.167. The number of carbonyl (C=O) groups is 3. The van der Waals surface area contributed by atoms with Gasteiger partial charge < -0.3 is 14.2 Å². The molecule has 0 rings (SSSR count). The highest BCUT2D eigenvalue weighted by Gasteiger charge is 2.19. The molecule has 0 spiro atoms. The minimum Gasteiger partial charge on any atom is -0.462 e. The Bertz CT molecular complexity index is 839. The van der Waals surface area contributed by atoms with Gasteiger partial charge in [-0.15, -0.1) is 0 Å². The molecular formula is C48H92O6. The summed E-state index contributed by atoms with van der Waals surface area (Å²) < 4.78 is 16.7. The Kier molecular flexibility index (Phi) is 38.5. The maximum atomic E-state index is 12.7. The van der Waals surface area contributed by atoms with Gasteiger partial charge in [0.15, 0.2) is 6.10 Å². The summed E-state index contributed by atoms with van der Waals surface area (Å²) >= 11 is 0. The van der Waals surface area contributed by atoms with Crippen molar-refractivity contribution < 1.29 is 28.6 Å². The number of ether oxygens (including phenoxy) is 3. The quantitative estimate of drug-likeness (QED) is 0.0350. The molecule has 0 aliphatic heterocycles. The van der Waals surface area contributed by atoms with Gasteiger partial charge in [-0.1, -0.05) is 215 Å². The summed E-state index contributed by atoms with van der Waals surface area (Å²) in [6, 6.07) is 0. The first-order valence-electron chi connectivity index (χ1n) is 23.6. The Morgan fingerprint density at radius 2 is 0.648 bits per heavy atom. The molecule has 0 bridgehead atoms. The highest BCUT2D eigenvalue weighted by atomic mass is 16.6. The zero-order valence-corrected chi connectivity index (χ0v) is 37.0. The van der Waals surface area contributed by atoms with Gasteiger partial charge in [-0.3, -0.25) is 14.4 Å². The van der Waals surface area contributed by atoms with Crippen LogP contribution in [0.1, 0.15) is 253 Å². The van der Waals surface area contributed by atoms with Crippen molar-refractivity contribution in [2.45, 2.75) is 260 Å². The van der Waals surface area contributed by atoms with Crippen LogP contribution < -0.4 is 0 Å². The molecule has 0 aromatic heterocycles. The van der Waals surface area contributed by atoms with Gasteiger partial charge >= 0.3 is 17.9 Å². The van der Waals surface area contributed by atoms with Crippen molar-refractivity contribution in [1.82, 2.24) is 0 Å². The molecule has 0 aliphatic carbocycles. The van der Waals surface area contributed by atoms with Crippen LogP contribution in [0.5, 0.6) is 0 Å². The lowest BCUT2D eigenvalue weighted by Crippen LogP contribution is -2.30. The molecular weight excluding hydrogens is 673 g/mol. The maximum Gasteiger partial charge on any atom is 0.306 e. The van der Waals surface area contributed by atoms with Crippen LogP contribution in [-0.4, -0.2) is 37.2 Å². The molecule has 320 valence electrons. The third-order valence-electron chi connectivity index (χ3n) is 11.0. The van der Waals surface area contributed by atoms with E-state index in [9.17, 15) is 14.4 Å². The Morgan fingerprint density at radius 3 is 0.963 bits per heavy atom. The second-order valence-corrected chi connectivity index (χ2v) is 17.6. The first-order valence-corrected chi connectivity index (χ1v) is 23.6. The van der Waals surface area contributed by atoms with E-state index in [1.807, 2.05) is 0 Å². The summed E-state index contributed by atoms with van der Waals surface area (Å²) in [7, 11) is 0. The molecule has 0 radical (unpaired) electrons. The number of unbranched alkanes of at least 4 members (excludes halogenated alkanes) is 23. The molecule has 6 heteroatoms. The van der Waals surface area contributed by atoms with E-state index in [0.717, 1.165) is 75.5 Å². The number of hydrogen-bond acceptors (Lipinski definition) is 6. The minimum absolute atomic E-state index is 0.0666. The lowest BCUT2D eigenvalue weighted by atomic mass is 10.00. The number of esters is 3. The molecule has 0 saturated carbocycles. The Hall–Kier alpha value is -1.59. The van der Waals surface area contributed by atoms with Crippen molar-refractivity contribution in [3.05, 3.63) is 0 Å². The smallest absolute Gasteiger partial charge is 0.306 e. The van der Waals surface area contributed by atoms with Gasteiger partial charge in [-0.2, -0.15) is 0 Å². The van der Waals surface area contributed by atoms with Crippen LogP contribution >= 0.6 is 0 Å². The van der Waals surface area contributed by atoms with Crippen LogP contribution in [0.2, 0.25) is 0 Å². The van der Waals surface area contributed by atoms with Crippen LogP contribution in [0.4, 0.5) is 0 Å². The third kappa shape index (κ3) is 40.1. The van der Waals surface area contributed by atoms with E-state index in [4.69, 9.17) is 14.2 Å². The van der Waals surface area contributed by atoms with E-state index in [2.05, 4.69) is 41.5 Å². The zero-order valence-electron chi connectivity index (χ0n) is 37.0. The standard InChI is InChI=1S/C48H92O6/c1-7-44(6)36-30-24-20-21-26-32-38-47(50)53-41-45(40-52-46(49)37-31-25-18-15-14-17-23-29-35-43(4)5)54-48(51)39-33-27-19-13-11-9-8-10-12-16-22-28-34-42(2)3/h42-45H,7-41H2,1-6H3/t44?,45-/m0/s1. The number of carbonyl (C=O) groups excluding carboxylic acids is 3. The fourth-order valence-electron chi connectivity index (χ4n) is 7.02. The second-order valence-electron chi connectivity index (χ2n) is 17.6. The second kappa shape index (κ2) is 39.6. The van der Waals surface area contributed by atoms with Crippen molar-refractivity contribution in [2.24, 2.45) is 17.8 Å². The van der Waals surface area contributed by atoms with E-state index >= 15 is 0 Å². The van der Waals surface area contributed by atoms with E-state index in [-0.39, 0.29) is 31.1 Å². The highest BCUT2D eigenvalue weighted by Crippen LogP contribution is 2.17. The van der Waals surface area contributed by atoms with E-state index in [1.165, 1.54) is 135 Å². The van der Waals surface area contributed by atoms with Crippen LogP contribution in [0.15, 0.2) is 0 Å². The summed E-state index contributed by atoms with van der Waals surface area (Å²) in [5.74, 6) is 1.58. The van der Waals surface area contributed by atoms with Gasteiger partial charge in [-0.05, 0) is 37.0 Å². The Morgan fingerprint density at radius 1 is 0.370 bits per heavy atom. The van der Waals surface area contributed by atoms with E-state index in [1.54, 1.807) is 0 Å². The molecule has 0 saturated heterocycles. The summed E-state index contributed by atoms with van der Waals surface area (Å²) in [6.45, 7) is 13.6. The largest absolute Gasteiger partial charge is 0.462 e. The van der Waals surface area contributed by atoms with Gasteiger partial charge in [0.1, 0.15) is 13.2 Å². The molecule has 0 N–H and O–H groups in total. The van der Waals surface area contributed by atoms with Crippen molar-refractivity contribution in [1.29, 1.82) is 0 Å². The summed E-state index contributed by atoms with van der Waals surface area (Å²) in [4.78, 5) is 37.7. The van der Waals surface area contributed by atoms with Crippen molar-refractivity contribution in [3.8, 4) is 0 Å². The number of rotatable bonds is 41. The third-order valence-corrected chi connectivity index (χ3v) is 11.0. The predicted octanol–water partition coefficient (Wildman–Crippen LogP) is 14.8. The molecule has 54 heavy (non-hydrogen) atoms.